The van der Waals surface area contributed by atoms with Gasteiger partial charge in [0.1, 0.15) is 5.75 Å². The van der Waals surface area contributed by atoms with Gasteiger partial charge in [0, 0.05) is 11.5 Å². The Kier molecular flexibility index (Phi) is 5.10. The highest BCUT2D eigenvalue weighted by Gasteiger charge is 2.07. The molecule has 0 aliphatic carbocycles. The fourth-order valence-electron chi connectivity index (χ4n) is 1.70. The van der Waals surface area contributed by atoms with Crippen molar-refractivity contribution < 1.29 is 4.74 Å². The van der Waals surface area contributed by atoms with Crippen molar-refractivity contribution >= 4 is 0 Å². The van der Waals surface area contributed by atoms with Crippen molar-refractivity contribution in [3.05, 3.63) is 42.0 Å². The highest BCUT2D eigenvalue weighted by atomic mass is 16.5. The van der Waals surface area contributed by atoms with Gasteiger partial charge in [0.15, 0.2) is 0 Å². The third-order valence-corrected chi connectivity index (χ3v) is 2.66. The minimum Gasteiger partial charge on any atom is -0.496 e. The predicted octanol–water partition coefficient (Wildman–Crippen LogP) is 4.40. The third kappa shape index (κ3) is 3.73. The van der Waals surface area contributed by atoms with E-state index >= 15 is 0 Å². The van der Waals surface area contributed by atoms with E-state index < -0.39 is 0 Å². The van der Waals surface area contributed by atoms with Gasteiger partial charge in [-0.2, -0.15) is 0 Å². The summed E-state index contributed by atoms with van der Waals surface area (Å²) in [5, 5.41) is 0. The average Bonchev–Trinajstić information content (AvgIpc) is 2.28. The van der Waals surface area contributed by atoms with E-state index in [1.54, 1.807) is 7.11 Å². The Labute approximate surface area is 99.1 Å². The number of para-hydroxylation sites is 1. The zero-order valence-electron chi connectivity index (χ0n) is 10.7. The van der Waals surface area contributed by atoms with Crippen molar-refractivity contribution in [2.24, 2.45) is 5.92 Å². The number of benzene rings is 1. The molecular formula is C15H22O. The fourth-order valence-corrected chi connectivity index (χ4v) is 1.70. The second-order valence-corrected chi connectivity index (χ2v) is 4.59. The monoisotopic (exact) mass is 218 g/mol. The molecule has 0 unspecified atom stereocenters. The molecule has 1 atom stereocenters. The Morgan fingerprint density at radius 3 is 2.50 bits per heavy atom. The van der Waals surface area contributed by atoms with Crippen molar-refractivity contribution in [2.75, 3.05) is 7.11 Å². The summed E-state index contributed by atoms with van der Waals surface area (Å²) in [7, 11) is 1.73. The summed E-state index contributed by atoms with van der Waals surface area (Å²) < 4.78 is 5.36. The van der Waals surface area contributed by atoms with E-state index in [1.807, 2.05) is 12.1 Å². The Morgan fingerprint density at radius 2 is 1.88 bits per heavy atom. The van der Waals surface area contributed by atoms with Gasteiger partial charge in [0.05, 0.1) is 7.11 Å². The minimum atomic E-state index is 0.412. The van der Waals surface area contributed by atoms with Gasteiger partial charge in [-0.3, -0.25) is 0 Å². The zero-order valence-corrected chi connectivity index (χ0v) is 10.7. The topological polar surface area (TPSA) is 9.23 Å². The first-order chi connectivity index (χ1) is 7.65. The first kappa shape index (κ1) is 12.8. The molecule has 1 aromatic rings. The Balaban J connectivity index is 2.72. The van der Waals surface area contributed by atoms with Crippen molar-refractivity contribution in [3.8, 4) is 5.75 Å². The van der Waals surface area contributed by atoms with Crippen LogP contribution in [0.4, 0.5) is 0 Å². The molecule has 0 saturated carbocycles. The maximum absolute atomic E-state index is 5.36. The van der Waals surface area contributed by atoms with Gasteiger partial charge < -0.3 is 4.74 Å². The molecule has 0 bridgehead atoms. The van der Waals surface area contributed by atoms with Crippen molar-refractivity contribution in [1.82, 2.24) is 0 Å². The van der Waals surface area contributed by atoms with Crippen LogP contribution in [0, 0.1) is 5.92 Å². The summed E-state index contributed by atoms with van der Waals surface area (Å²) in [6.07, 6.45) is 5.67. The number of hydrogen-bond acceptors (Lipinski definition) is 1. The molecule has 1 heteroatoms. The minimum absolute atomic E-state index is 0.412. The van der Waals surface area contributed by atoms with E-state index in [-0.39, 0.29) is 0 Å². The van der Waals surface area contributed by atoms with E-state index in [0.717, 1.165) is 18.1 Å². The number of hydrogen-bond donors (Lipinski definition) is 0. The second kappa shape index (κ2) is 6.37. The maximum atomic E-state index is 5.36. The number of rotatable bonds is 5. The van der Waals surface area contributed by atoms with Crippen LogP contribution in [0.1, 0.15) is 38.7 Å². The van der Waals surface area contributed by atoms with Crippen LogP contribution < -0.4 is 4.74 Å². The lowest BCUT2D eigenvalue weighted by Gasteiger charge is -2.12. The van der Waals surface area contributed by atoms with Crippen LogP contribution >= 0.6 is 0 Å². The van der Waals surface area contributed by atoms with Crippen molar-refractivity contribution in [2.45, 2.75) is 33.1 Å². The Hall–Kier alpha value is -1.24. The largest absolute Gasteiger partial charge is 0.496 e. The van der Waals surface area contributed by atoms with Gasteiger partial charge in [0.25, 0.3) is 0 Å². The summed E-state index contributed by atoms with van der Waals surface area (Å²) >= 11 is 0. The molecule has 88 valence electrons. The summed E-state index contributed by atoms with van der Waals surface area (Å²) in [6.45, 7) is 6.67. The van der Waals surface area contributed by atoms with Gasteiger partial charge in [0.2, 0.25) is 0 Å². The zero-order chi connectivity index (χ0) is 12.0. The lowest BCUT2D eigenvalue weighted by molar-refractivity contribution is 0.408. The maximum Gasteiger partial charge on any atom is 0.122 e. The molecule has 0 aliphatic heterocycles. The van der Waals surface area contributed by atoms with Crippen LogP contribution in [-0.4, -0.2) is 7.11 Å². The summed E-state index contributed by atoms with van der Waals surface area (Å²) in [5.74, 6) is 2.11. The van der Waals surface area contributed by atoms with Crippen LogP contribution in [-0.2, 0) is 0 Å². The van der Waals surface area contributed by atoms with Crippen LogP contribution in [0.5, 0.6) is 5.75 Å². The Bertz CT molecular complexity index is 339. The summed E-state index contributed by atoms with van der Waals surface area (Å²) in [5.41, 5.74) is 1.25. The van der Waals surface area contributed by atoms with Gasteiger partial charge in [-0.15, -0.1) is 0 Å². The fraction of sp³-hybridized carbons (Fsp3) is 0.467. The van der Waals surface area contributed by atoms with Gasteiger partial charge in [-0.05, 0) is 18.4 Å². The van der Waals surface area contributed by atoms with Crippen molar-refractivity contribution in [1.29, 1.82) is 0 Å². The van der Waals surface area contributed by atoms with E-state index in [2.05, 4.69) is 45.1 Å². The molecule has 0 radical (unpaired) electrons. The molecule has 1 rings (SSSR count). The highest BCUT2D eigenvalue weighted by Crippen LogP contribution is 2.27. The molecule has 0 aliphatic rings. The van der Waals surface area contributed by atoms with Crippen molar-refractivity contribution in [3.63, 3.8) is 0 Å². The van der Waals surface area contributed by atoms with Crippen LogP contribution in [0.2, 0.25) is 0 Å². The average molecular weight is 218 g/mol. The predicted molar refractivity (Wildman–Crippen MR) is 70.0 cm³/mol. The lowest BCUT2D eigenvalue weighted by atomic mass is 9.98. The van der Waals surface area contributed by atoms with E-state index in [0.29, 0.717) is 5.92 Å². The quantitative estimate of drug-likeness (QED) is 0.665. The molecule has 0 fully saturated rings. The SMILES string of the molecule is COc1ccccc1[C@H](C)/C=C/CC(C)C. The normalized spacial score (nSPS) is 13.3. The second-order valence-electron chi connectivity index (χ2n) is 4.59. The first-order valence-corrected chi connectivity index (χ1v) is 5.94. The standard InChI is InChI=1S/C15H22O/c1-12(2)8-7-9-13(3)14-10-5-6-11-15(14)16-4/h5-7,9-13H,8H2,1-4H3/b9-7+/t13-/m1/s1. The molecule has 0 spiro atoms. The van der Waals surface area contributed by atoms with Crippen LogP contribution in [0.25, 0.3) is 0 Å². The van der Waals surface area contributed by atoms with E-state index in [4.69, 9.17) is 4.74 Å². The van der Waals surface area contributed by atoms with Gasteiger partial charge in [-0.1, -0.05) is 51.1 Å². The number of methoxy groups -OCH3 is 1. The first-order valence-electron chi connectivity index (χ1n) is 5.94. The summed E-state index contributed by atoms with van der Waals surface area (Å²) in [4.78, 5) is 0. The smallest absolute Gasteiger partial charge is 0.122 e. The molecule has 1 nitrogen and oxygen atoms in total. The molecular weight excluding hydrogens is 196 g/mol. The third-order valence-electron chi connectivity index (χ3n) is 2.66. The molecule has 16 heavy (non-hydrogen) atoms. The number of allylic oxidation sites excluding steroid dienone is 2. The van der Waals surface area contributed by atoms with Gasteiger partial charge in [-0.25, -0.2) is 0 Å². The molecule has 0 heterocycles. The lowest BCUT2D eigenvalue weighted by Crippen LogP contribution is -1.94. The molecule has 0 aromatic heterocycles. The van der Waals surface area contributed by atoms with E-state index in [9.17, 15) is 0 Å². The molecule has 0 N–H and O–H groups in total. The molecule has 0 saturated heterocycles. The highest BCUT2D eigenvalue weighted by molar-refractivity contribution is 5.37. The summed E-state index contributed by atoms with van der Waals surface area (Å²) in [6, 6.07) is 8.21. The van der Waals surface area contributed by atoms with Gasteiger partial charge >= 0.3 is 0 Å². The van der Waals surface area contributed by atoms with E-state index in [1.165, 1.54) is 5.56 Å². The van der Waals surface area contributed by atoms with Crippen LogP contribution in [0.15, 0.2) is 36.4 Å². The molecule has 0 amide bonds. The van der Waals surface area contributed by atoms with Crippen LogP contribution in [0.3, 0.4) is 0 Å². The molecule has 1 aromatic carbocycles. The Morgan fingerprint density at radius 1 is 1.19 bits per heavy atom. The number of ether oxygens (including phenoxy) is 1.